The monoisotopic (exact) mass is 290 g/mol. The summed E-state index contributed by atoms with van der Waals surface area (Å²) in [5, 5.41) is 3.05. The van der Waals surface area contributed by atoms with Crippen LogP contribution in [0.2, 0.25) is 0 Å². The molecule has 0 radical (unpaired) electrons. The molecule has 18 heavy (non-hydrogen) atoms. The zero-order chi connectivity index (χ0) is 13.0. The Morgan fingerprint density at radius 2 is 2.33 bits per heavy atom. The van der Waals surface area contributed by atoms with E-state index in [-0.39, 0.29) is 6.04 Å². The molecule has 0 aliphatic carbocycles. The molecule has 2 heterocycles. The van der Waals surface area contributed by atoms with Gasteiger partial charge in [0.2, 0.25) is 10.0 Å². The fourth-order valence-electron chi connectivity index (χ4n) is 1.79. The average molecular weight is 290 g/mol. The molecule has 1 aromatic heterocycles. The van der Waals surface area contributed by atoms with Crippen molar-refractivity contribution in [2.75, 3.05) is 26.8 Å². The molecule has 1 saturated heterocycles. The molecule has 102 valence electrons. The molecule has 1 aliphatic heterocycles. The molecule has 0 amide bonds. The van der Waals surface area contributed by atoms with Crippen molar-refractivity contribution in [3.63, 3.8) is 0 Å². The van der Waals surface area contributed by atoms with Crippen molar-refractivity contribution >= 4 is 21.4 Å². The number of ether oxygens (including phenoxy) is 1. The molecule has 1 aliphatic rings. The smallest absolute Gasteiger partial charge is 0.250 e. The average Bonchev–Trinajstić information content (AvgIpc) is 2.96. The van der Waals surface area contributed by atoms with Crippen molar-refractivity contribution in [3.05, 3.63) is 17.0 Å². The van der Waals surface area contributed by atoms with Gasteiger partial charge in [-0.05, 0) is 38.6 Å². The van der Waals surface area contributed by atoms with E-state index >= 15 is 0 Å². The van der Waals surface area contributed by atoms with Gasteiger partial charge >= 0.3 is 0 Å². The summed E-state index contributed by atoms with van der Waals surface area (Å²) in [6.45, 7) is 1.95. The highest BCUT2D eigenvalue weighted by Crippen LogP contribution is 2.22. The normalized spacial score (nSPS) is 20.4. The first-order valence-corrected chi connectivity index (χ1v) is 8.25. The van der Waals surface area contributed by atoms with Crippen molar-refractivity contribution < 1.29 is 13.2 Å². The van der Waals surface area contributed by atoms with Crippen molar-refractivity contribution in [2.45, 2.75) is 23.1 Å². The van der Waals surface area contributed by atoms with Gasteiger partial charge in [-0.3, -0.25) is 0 Å². The summed E-state index contributed by atoms with van der Waals surface area (Å²) in [6, 6.07) is 3.47. The van der Waals surface area contributed by atoms with E-state index in [0.717, 1.165) is 24.3 Å². The standard InChI is InChI=1S/C11H18N2O3S2/c1-12-6-4-10-2-3-11(17-10)18(14,15)13-9-5-7-16-8-9/h2-3,9,12-13H,4-8H2,1H3. The van der Waals surface area contributed by atoms with Crippen LogP contribution in [0.25, 0.3) is 0 Å². The van der Waals surface area contributed by atoms with E-state index in [2.05, 4.69) is 10.0 Å². The zero-order valence-electron chi connectivity index (χ0n) is 10.3. The van der Waals surface area contributed by atoms with Crippen LogP contribution in [0.15, 0.2) is 16.3 Å². The van der Waals surface area contributed by atoms with Gasteiger partial charge in [0.15, 0.2) is 0 Å². The minimum Gasteiger partial charge on any atom is -0.380 e. The van der Waals surface area contributed by atoms with E-state index in [1.54, 1.807) is 6.07 Å². The highest BCUT2D eigenvalue weighted by Gasteiger charge is 2.24. The molecule has 0 aromatic carbocycles. The number of likely N-dealkylation sites (N-methyl/N-ethyl adjacent to an activating group) is 1. The predicted molar refractivity (Wildman–Crippen MR) is 71.5 cm³/mol. The maximum Gasteiger partial charge on any atom is 0.250 e. The molecule has 0 saturated carbocycles. The van der Waals surface area contributed by atoms with Crippen LogP contribution in [0, 0.1) is 0 Å². The second-order valence-corrected chi connectivity index (χ2v) is 7.37. The van der Waals surface area contributed by atoms with E-state index in [1.165, 1.54) is 11.3 Å². The van der Waals surface area contributed by atoms with E-state index in [0.29, 0.717) is 17.4 Å². The molecular weight excluding hydrogens is 272 g/mol. The van der Waals surface area contributed by atoms with Crippen LogP contribution in [0.1, 0.15) is 11.3 Å². The lowest BCUT2D eigenvalue weighted by molar-refractivity contribution is 0.192. The van der Waals surface area contributed by atoms with Gasteiger partial charge in [0.1, 0.15) is 4.21 Å². The molecule has 7 heteroatoms. The van der Waals surface area contributed by atoms with Crippen molar-refractivity contribution in [1.82, 2.24) is 10.0 Å². The summed E-state index contributed by atoms with van der Waals surface area (Å²) in [4.78, 5) is 1.08. The molecule has 1 fully saturated rings. The van der Waals surface area contributed by atoms with Crippen LogP contribution >= 0.6 is 11.3 Å². The largest absolute Gasteiger partial charge is 0.380 e. The molecule has 2 N–H and O–H groups in total. The molecule has 0 spiro atoms. The van der Waals surface area contributed by atoms with Crippen LogP contribution in [0.3, 0.4) is 0 Å². The lowest BCUT2D eigenvalue weighted by atomic mass is 10.3. The summed E-state index contributed by atoms with van der Waals surface area (Å²) in [5.41, 5.74) is 0. The zero-order valence-corrected chi connectivity index (χ0v) is 11.9. The summed E-state index contributed by atoms with van der Waals surface area (Å²) < 4.78 is 32.4. The second-order valence-electron chi connectivity index (χ2n) is 4.26. The minimum atomic E-state index is -3.38. The number of thiophene rings is 1. The number of rotatable bonds is 6. The quantitative estimate of drug-likeness (QED) is 0.804. The third kappa shape index (κ3) is 3.52. The lowest BCUT2D eigenvalue weighted by Gasteiger charge is -2.09. The first-order valence-electron chi connectivity index (χ1n) is 5.95. The Hall–Kier alpha value is -0.470. The number of nitrogens with one attached hydrogen (secondary N) is 2. The second kappa shape index (κ2) is 6.12. The predicted octanol–water partition coefficient (Wildman–Crippen LogP) is 0.577. The summed E-state index contributed by atoms with van der Waals surface area (Å²) in [5.74, 6) is 0. The summed E-state index contributed by atoms with van der Waals surface area (Å²) >= 11 is 1.33. The van der Waals surface area contributed by atoms with E-state index in [9.17, 15) is 8.42 Å². The molecule has 5 nitrogen and oxygen atoms in total. The van der Waals surface area contributed by atoms with Crippen LogP contribution < -0.4 is 10.0 Å². The minimum absolute atomic E-state index is 0.0853. The first-order chi connectivity index (χ1) is 8.62. The fourth-order valence-corrected chi connectivity index (χ4v) is 4.42. The SMILES string of the molecule is CNCCc1ccc(S(=O)(=O)NC2CCOC2)s1. The third-order valence-electron chi connectivity index (χ3n) is 2.77. The Morgan fingerprint density at radius 1 is 1.50 bits per heavy atom. The van der Waals surface area contributed by atoms with Crippen molar-refractivity contribution in [3.8, 4) is 0 Å². The van der Waals surface area contributed by atoms with E-state index < -0.39 is 10.0 Å². The van der Waals surface area contributed by atoms with Crippen LogP contribution in [0.5, 0.6) is 0 Å². The Morgan fingerprint density at radius 3 is 3.00 bits per heavy atom. The van der Waals surface area contributed by atoms with Gasteiger partial charge in [-0.1, -0.05) is 0 Å². The Kier molecular flexibility index (Phi) is 4.74. The highest BCUT2D eigenvalue weighted by molar-refractivity contribution is 7.91. The van der Waals surface area contributed by atoms with E-state index in [4.69, 9.17) is 4.74 Å². The van der Waals surface area contributed by atoms with Crippen molar-refractivity contribution in [1.29, 1.82) is 0 Å². The maximum atomic E-state index is 12.1. The number of hydrogen-bond acceptors (Lipinski definition) is 5. The summed E-state index contributed by atoms with van der Waals surface area (Å²) in [7, 11) is -1.50. The van der Waals surface area contributed by atoms with Crippen LogP contribution in [0.4, 0.5) is 0 Å². The molecule has 1 aromatic rings. The van der Waals surface area contributed by atoms with Gasteiger partial charge in [-0.15, -0.1) is 11.3 Å². The molecule has 1 atom stereocenters. The fraction of sp³-hybridized carbons (Fsp3) is 0.636. The Balaban J connectivity index is 2.02. The molecule has 2 rings (SSSR count). The van der Waals surface area contributed by atoms with Crippen molar-refractivity contribution in [2.24, 2.45) is 0 Å². The van der Waals surface area contributed by atoms with Gasteiger partial charge in [0.05, 0.1) is 6.61 Å². The lowest BCUT2D eigenvalue weighted by Crippen LogP contribution is -2.34. The van der Waals surface area contributed by atoms with E-state index in [1.807, 2.05) is 13.1 Å². The summed E-state index contributed by atoms with van der Waals surface area (Å²) in [6.07, 6.45) is 1.60. The molecular formula is C11H18N2O3S2. The van der Waals surface area contributed by atoms with Crippen LogP contribution in [-0.2, 0) is 21.2 Å². The van der Waals surface area contributed by atoms with Crippen LogP contribution in [-0.4, -0.2) is 41.3 Å². The third-order valence-corrected chi connectivity index (χ3v) is 5.93. The number of hydrogen-bond donors (Lipinski definition) is 2. The topological polar surface area (TPSA) is 67.4 Å². The van der Waals surface area contributed by atoms with Gasteiger partial charge in [-0.2, -0.15) is 0 Å². The number of sulfonamides is 1. The molecule has 0 bridgehead atoms. The van der Waals surface area contributed by atoms with Gasteiger partial charge in [0.25, 0.3) is 0 Å². The molecule has 1 unspecified atom stereocenters. The van der Waals surface area contributed by atoms with Gasteiger partial charge in [0, 0.05) is 17.5 Å². The van der Waals surface area contributed by atoms with Gasteiger partial charge in [-0.25, -0.2) is 13.1 Å². The van der Waals surface area contributed by atoms with Gasteiger partial charge < -0.3 is 10.1 Å². The Bertz CT molecular complexity index is 478. The first kappa shape index (κ1) is 14.0. The maximum absolute atomic E-state index is 12.1. The Labute approximate surface area is 112 Å². The highest BCUT2D eigenvalue weighted by atomic mass is 32.2.